The summed E-state index contributed by atoms with van der Waals surface area (Å²) in [5, 5.41) is 15.6. The van der Waals surface area contributed by atoms with Crippen molar-refractivity contribution in [3.8, 4) is 0 Å². The molecule has 0 aromatic carbocycles. The van der Waals surface area contributed by atoms with Gasteiger partial charge in [0.25, 0.3) is 5.91 Å². The van der Waals surface area contributed by atoms with E-state index in [1.165, 1.54) is 13.3 Å². The third-order valence-electron chi connectivity index (χ3n) is 2.82. The first kappa shape index (κ1) is 16.2. The number of carboxylic acids is 1. The molecular formula is C13H21N3O4. The van der Waals surface area contributed by atoms with Gasteiger partial charge in [0.2, 0.25) is 0 Å². The number of carbonyl (C=O) groups is 2. The van der Waals surface area contributed by atoms with Crippen LogP contribution < -0.4 is 5.32 Å². The first-order valence-electron chi connectivity index (χ1n) is 6.39. The molecule has 7 heteroatoms. The van der Waals surface area contributed by atoms with Crippen molar-refractivity contribution in [2.24, 2.45) is 13.0 Å². The number of aryl methyl sites for hydroxylation is 1. The van der Waals surface area contributed by atoms with Crippen molar-refractivity contribution in [3.05, 3.63) is 18.0 Å². The minimum atomic E-state index is -1.05. The number of hydrogen-bond acceptors (Lipinski definition) is 4. The van der Waals surface area contributed by atoms with E-state index in [0.29, 0.717) is 12.0 Å². The summed E-state index contributed by atoms with van der Waals surface area (Å²) in [6.07, 6.45) is 2.68. The minimum absolute atomic E-state index is 0.163. The second-order valence-electron chi connectivity index (χ2n) is 5.09. The average molecular weight is 283 g/mol. The lowest BCUT2D eigenvalue weighted by atomic mass is 10.0. The van der Waals surface area contributed by atoms with Gasteiger partial charge in [-0.05, 0) is 12.3 Å². The summed E-state index contributed by atoms with van der Waals surface area (Å²) in [6, 6.07) is -0.920. The van der Waals surface area contributed by atoms with Crippen molar-refractivity contribution in [1.29, 1.82) is 0 Å². The first-order valence-corrected chi connectivity index (χ1v) is 6.39. The van der Waals surface area contributed by atoms with E-state index < -0.39 is 24.0 Å². The van der Waals surface area contributed by atoms with Crippen LogP contribution in [0.5, 0.6) is 0 Å². The molecule has 0 aliphatic carbocycles. The van der Waals surface area contributed by atoms with Crippen molar-refractivity contribution < 1.29 is 19.4 Å². The smallest absolute Gasteiger partial charge is 0.326 e. The normalized spacial score (nSPS) is 14.1. The summed E-state index contributed by atoms with van der Waals surface area (Å²) in [6.45, 7) is 3.80. The van der Waals surface area contributed by atoms with Gasteiger partial charge in [-0.2, -0.15) is 5.10 Å². The second-order valence-corrected chi connectivity index (χ2v) is 5.09. The number of nitrogens with one attached hydrogen (secondary N) is 1. The first-order chi connectivity index (χ1) is 9.35. The molecule has 1 aromatic heterocycles. The minimum Gasteiger partial charge on any atom is -0.480 e. The van der Waals surface area contributed by atoms with Crippen LogP contribution in [0.2, 0.25) is 0 Å². The molecule has 0 saturated heterocycles. The third-order valence-corrected chi connectivity index (χ3v) is 2.82. The van der Waals surface area contributed by atoms with Gasteiger partial charge >= 0.3 is 5.97 Å². The Bertz CT molecular complexity index is 470. The molecule has 1 amide bonds. The highest BCUT2D eigenvalue weighted by atomic mass is 16.5. The van der Waals surface area contributed by atoms with Crippen molar-refractivity contribution in [1.82, 2.24) is 15.1 Å². The fraction of sp³-hybridized carbons (Fsp3) is 0.615. The van der Waals surface area contributed by atoms with Crippen LogP contribution in [-0.4, -0.2) is 39.9 Å². The van der Waals surface area contributed by atoms with E-state index >= 15 is 0 Å². The summed E-state index contributed by atoms with van der Waals surface area (Å²) in [7, 11) is 3.13. The van der Waals surface area contributed by atoms with Gasteiger partial charge in [-0.15, -0.1) is 0 Å². The maximum atomic E-state index is 12.1. The quantitative estimate of drug-likeness (QED) is 0.769. The van der Waals surface area contributed by atoms with E-state index in [4.69, 9.17) is 9.84 Å². The van der Waals surface area contributed by atoms with E-state index in [1.54, 1.807) is 17.9 Å². The number of aliphatic carboxylic acids is 1. The molecule has 1 unspecified atom stereocenters. The predicted octanol–water partition coefficient (Wildman–Crippen LogP) is 0.723. The molecule has 0 saturated carbocycles. The monoisotopic (exact) mass is 283 g/mol. The van der Waals surface area contributed by atoms with Crippen molar-refractivity contribution in [3.63, 3.8) is 0 Å². The van der Waals surface area contributed by atoms with Gasteiger partial charge in [0.05, 0.1) is 6.20 Å². The Balaban J connectivity index is 2.78. The molecule has 0 aliphatic rings. The highest BCUT2D eigenvalue weighted by molar-refractivity contribution is 5.87. The summed E-state index contributed by atoms with van der Waals surface area (Å²) >= 11 is 0. The van der Waals surface area contributed by atoms with Gasteiger partial charge in [-0.3, -0.25) is 9.48 Å². The zero-order valence-corrected chi connectivity index (χ0v) is 12.2. The van der Waals surface area contributed by atoms with Crippen LogP contribution in [-0.2, 0) is 21.4 Å². The maximum Gasteiger partial charge on any atom is 0.326 e. The molecule has 0 radical (unpaired) electrons. The fourth-order valence-corrected chi connectivity index (χ4v) is 1.91. The van der Waals surface area contributed by atoms with Crippen LogP contribution in [0, 0.1) is 5.92 Å². The molecule has 0 bridgehead atoms. The molecule has 112 valence electrons. The van der Waals surface area contributed by atoms with E-state index in [0.717, 1.165) is 0 Å². The number of ether oxygens (including phenoxy) is 1. The number of nitrogens with zero attached hydrogens (tertiary/aromatic N) is 2. The lowest BCUT2D eigenvalue weighted by Crippen LogP contribution is -2.44. The SMILES string of the molecule is COC(C(=O)N[C@H](CC(C)C)C(=O)O)c1cnn(C)c1. The van der Waals surface area contributed by atoms with Crippen LogP contribution in [0.4, 0.5) is 0 Å². The summed E-state index contributed by atoms with van der Waals surface area (Å²) in [5.74, 6) is -1.36. The average Bonchev–Trinajstić information content (AvgIpc) is 2.75. The van der Waals surface area contributed by atoms with Gasteiger partial charge in [-0.1, -0.05) is 13.8 Å². The van der Waals surface area contributed by atoms with Gasteiger partial charge in [-0.25, -0.2) is 4.79 Å². The number of rotatable bonds is 7. The Labute approximate surface area is 117 Å². The Morgan fingerprint density at radius 2 is 2.15 bits per heavy atom. The topological polar surface area (TPSA) is 93.4 Å². The van der Waals surface area contributed by atoms with Gasteiger partial charge in [0, 0.05) is 25.9 Å². The van der Waals surface area contributed by atoms with Crippen molar-refractivity contribution in [2.75, 3.05) is 7.11 Å². The molecule has 2 atom stereocenters. The zero-order valence-electron chi connectivity index (χ0n) is 12.2. The van der Waals surface area contributed by atoms with E-state index in [2.05, 4.69) is 10.4 Å². The summed E-state index contributed by atoms with van der Waals surface area (Å²) in [4.78, 5) is 23.3. The number of methoxy groups -OCH3 is 1. The summed E-state index contributed by atoms with van der Waals surface area (Å²) in [5.41, 5.74) is 0.584. The van der Waals surface area contributed by atoms with Crippen LogP contribution in [0.15, 0.2) is 12.4 Å². The lowest BCUT2D eigenvalue weighted by molar-refractivity contribution is -0.144. The largest absolute Gasteiger partial charge is 0.480 e. The van der Waals surface area contributed by atoms with Crippen LogP contribution in [0.1, 0.15) is 31.9 Å². The molecule has 0 aliphatic heterocycles. The van der Waals surface area contributed by atoms with Gasteiger partial charge in [0.1, 0.15) is 6.04 Å². The molecule has 1 aromatic rings. The molecule has 1 rings (SSSR count). The number of amides is 1. The highest BCUT2D eigenvalue weighted by Gasteiger charge is 2.27. The number of carboxylic acid groups (broad SMARTS) is 1. The molecule has 7 nitrogen and oxygen atoms in total. The van der Waals surface area contributed by atoms with E-state index in [-0.39, 0.29) is 5.92 Å². The van der Waals surface area contributed by atoms with Crippen LogP contribution in [0.3, 0.4) is 0 Å². The molecule has 20 heavy (non-hydrogen) atoms. The third kappa shape index (κ3) is 4.34. The van der Waals surface area contributed by atoms with Crippen LogP contribution in [0.25, 0.3) is 0 Å². The zero-order chi connectivity index (χ0) is 15.3. The Morgan fingerprint density at radius 3 is 2.55 bits per heavy atom. The second kappa shape index (κ2) is 7.04. The van der Waals surface area contributed by atoms with E-state index in [1.807, 2.05) is 13.8 Å². The number of hydrogen-bond donors (Lipinski definition) is 2. The van der Waals surface area contributed by atoms with Gasteiger partial charge < -0.3 is 15.2 Å². The number of aromatic nitrogens is 2. The Morgan fingerprint density at radius 1 is 1.50 bits per heavy atom. The van der Waals surface area contributed by atoms with Crippen molar-refractivity contribution >= 4 is 11.9 Å². The van der Waals surface area contributed by atoms with E-state index in [9.17, 15) is 9.59 Å². The molecule has 1 heterocycles. The maximum absolute atomic E-state index is 12.1. The predicted molar refractivity (Wildman–Crippen MR) is 72.0 cm³/mol. The lowest BCUT2D eigenvalue weighted by Gasteiger charge is -2.20. The Kier molecular flexibility index (Phi) is 5.69. The molecular weight excluding hydrogens is 262 g/mol. The fourth-order valence-electron chi connectivity index (χ4n) is 1.91. The standard InChI is InChI=1S/C13H21N3O4/c1-8(2)5-10(13(18)19)15-12(17)11(20-4)9-6-14-16(3)7-9/h6-8,10-11H,5H2,1-4H3,(H,15,17)(H,18,19)/t10-,11?/m1/s1. The molecule has 0 spiro atoms. The summed E-state index contributed by atoms with van der Waals surface area (Å²) < 4.78 is 6.69. The molecule has 0 fully saturated rings. The number of carbonyl (C=O) groups excluding carboxylic acids is 1. The highest BCUT2D eigenvalue weighted by Crippen LogP contribution is 2.16. The Hall–Kier alpha value is -1.89. The van der Waals surface area contributed by atoms with Gasteiger partial charge in [0.15, 0.2) is 6.10 Å². The van der Waals surface area contributed by atoms with Crippen molar-refractivity contribution in [2.45, 2.75) is 32.4 Å². The van der Waals surface area contributed by atoms with Crippen LogP contribution >= 0.6 is 0 Å². The molecule has 2 N–H and O–H groups in total.